The molecule has 0 bridgehead atoms. The zero-order chi connectivity index (χ0) is 11.5. The summed E-state index contributed by atoms with van der Waals surface area (Å²) in [5, 5.41) is 9.20. The van der Waals surface area contributed by atoms with Crippen molar-refractivity contribution in [1.29, 1.82) is 0 Å². The van der Waals surface area contributed by atoms with Crippen molar-refractivity contribution in [1.82, 2.24) is 9.80 Å². The zero-order valence-corrected chi connectivity index (χ0v) is 10.1. The molecule has 0 aromatic heterocycles. The summed E-state index contributed by atoms with van der Waals surface area (Å²) in [7, 11) is 0. The lowest BCUT2D eigenvalue weighted by atomic mass is 10.2. The molecule has 4 nitrogen and oxygen atoms in total. The molecule has 92 valence electrons. The Morgan fingerprint density at radius 1 is 1.44 bits per heavy atom. The summed E-state index contributed by atoms with van der Waals surface area (Å²) in [5.41, 5.74) is 0. The second-order valence-electron chi connectivity index (χ2n) is 4.86. The average molecular weight is 226 g/mol. The van der Waals surface area contributed by atoms with Crippen molar-refractivity contribution in [3.05, 3.63) is 0 Å². The van der Waals surface area contributed by atoms with E-state index in [2.05, 4.69) is 4.90 Å². The zero-order valence-electron chi connectivity index (χ0n) is 10.1. The van der Waals surface area contributed by atoms with Gasteiger partial charge in [0.1, 0.15) is 0 Å². The molecule has 2 rings (SSSR count). The van der Waals surface area contributed by atoms with Crippen LogP contribution in [0.5, 0.6) is 0 Å². The quantitative estimate of drug-likeness (QED) is 0.740. The van der Waals surface area contributed by atoms with E-state index in [0.29, 0.717) is 12.6 Å². The molecule has 4 heteroatoms. The second-order valence-corrected chi connectivity index (χ2v) is 4.86. The van der Waals surface area contributed by atoms with Gasteiger partial charge in [-0.15, -0.1) is 0 Å². The Bertz CT molecular complexity index is 253. The molecule has 1 atom stereocenters. The third kappa shape index (κ3) is 2.55. The van der Waals surface area contributed by atoms with Crippen molar-refractivity contribution >= 4 is 5.91 Å². The van der Waals surface area contributed by atoms with Crippen LogP contribution < -0.4 is 0 Å². The molecule has 0 radical (unpaired) electrons. The van der Waals surface area contributed by atoms with Crippen molar-refractivity contribution < 1.29 is 9.90 Å². The van der Waals surface area contributed by atoms with Crippen LogP contribution in [-0.2, 0) is 4.79 Å². The maximum absolute atomic E-state index is 12.1. The highest BCUT2D eigenvalue weighted by Crippen LogP contribution is 2.27. The second kappa shape index (κ2) is 5.15. The molecule has 1 heterocycles. The number of likely N-dealkylation sites (tertiary alicyclic amines) is 1. The lowest BCUT2D eigenvalue weighted by Crippen LogP contribution is -2.44. The summed E-state index contributed by atoms with van der Waals surface area (Å²) >= 11 is 0. The molecular formula is C12H22N2O2. The number of aliphatic hydroxyl groups excluding tert-OH is 1. The van der Waals surface area contributed by atoms with Gasteiger partial charge in [-0.1, -0.05) is 0 Å². The fourth-order valence-electron chi connectivity index (χ4n) is 2.60. The predicted octanol–water partition coefficient (Wildman–Crippen LogP) is 0.454. The summed E-state index contributed by atoms with van der Waals surface area (Å²) in [6.45, 7) is 4.50. The molecule has 2 aliphatic rings. The molecule has 0 aromatic rings. The van der Waals surface area contributed by atoms with Gasteiger partial charge in [0, 0.05) is 18.6 Å². The van der Waals surface area contributed by atoms with Crippen molar-refractivity contribution in [3.63, 3.8) is 0 Å². The summed E-state index contributed by atoms with van der Waals surface area (Å²) in [4.78, 5) is 16.2. The standard InChI is InChI=1S/C12H22N2O2/c1-2-14(10-5-6-10)12(16)8-13-7-3-4-11(13)9-15/h10-11,15H,2-9H2,1H3. The summed E-state index contributed by atoms with van der Waals surface area (Å²) in [5.74, 6) is 0.241. The van der Waals surface area contributed by atoms with E-state index in [9.17, 15) is 9.90 Å². The molecule has 1 aliphatic heterocycles. The number of hydrogen-bond donors (Lipinski definition) is 1. The van der Waals surface area contributed by atoms with Crippen molar-refractivity contribution in [2.75, 3.05) is 26.2 Å². The fourth-order valence-corrected chi connectivity index (χ4v) is 2.60. The minimum absolute atomic E-state index is 0.183. The van der Waals surface area contributed by atoms with Crippen molar-refractivity contribution in [2.45, 2.75) is 44.7 Å². The van der Waals surface area contributed by atoms with Crippen LogP contribution in [0.2, 0.25) is 0 Å². The highest BCUT2D eigenvalue weighted by molar-refractivity contribution is 5.79. The Balaban J connectivity index is 1.85. The summed E-state index contributed by atoms with van der Waals surface area (Å²) < 4.78 is 0. The molecule has 1 amide bonds. The Morgan fingerprint density at radius 3 is 2.75 bits per heavy atom. The number of nitrogens with zero attached hydrogens (tertiary/aromatic N) is 2. The first-order chi connectivity index (χ1) is 7.76. The normalized spacial score (nSPS) is 26.0. The van der Waals surface area contributed by atoms with Crippen LogP contribution in [0.25, 0.3) is 0 Å². The van der Waals surface area contributed by atoms with Gasteiger partial charge in [-0.2, -0.15) is 0 Å². The van der Waals surface area contributed by atoms with Gasteiger partial charge in [-0.3, -0.25) is 9.69 Å². The summed E-state index contributed by atoms with van der Waals surface area (Å²) in [6, 6.07) is 0.717. The van der Waals surface area contributed by atoms with Crippen LogP contribution in [0.3, 0.4) is 0 Å². The molecule has 1 N–H and O–H groups in total. The van der Waals surface area contributed by atoms with Gasteiger partial charge < -0.3 is 10.0 Å². The largest absolute Gasteiger partial charge is 0.395 e. The van der Waals surface area contributed by atoms with Gasteiger partial charge in [-0.05, 0) is 39.2 Å². The van der Waals surface area contributed by atoms with Crippen LogP contribution in [-0.4, -0.2) is 59.1 Å². The molecule has 1 unspecified atom stereocenters. The SMILES string of the molecule is CCN(C(=O)CN1CCCC1CO)C1CC1. The first-order valence-electron chi connectivity index (χ1n) is 6.40. The first kappa shape index (κ1) is 11.9. The van der Waals surface area contributed by atoms with Crippen molar-refractivity contribution in [2.24, 2.45) is 0 Å². The van der Waals surface area contributed by atoms with Crippen molar-refractivity contribution in [3.8, 4) is 0 Å². The number of hydrogen-bond acceptors (Lipinski definition) is 3. The number of likely N-dealkylation sites (N-methyl/N-ethyl adjacent to an activating group) is 1. The molecule has 1 saturated carbocycles. The smallest absolute Gasteiger partial charge is 0.236 e. The maximum atomic E-state index is 12.1. The van der Waals surface area contributed by atoms with Gasteiger partial charge in [0.2, 0.25) is 5.91 Å². The fraction of sp³-hybridized carbons (Fsp3) is 0.917. The lowest BCUT2D eigenvalue weighted by Gasteiger charge is -2.27. The van der Waals surface area contributed by atoms with E-state index in [4.69, 9.17) is 0 Å². The van der Waals surface area contributed by atoms with Crippen LogP contribution in [0, 0.1) is 0 Å². The van der Waals surface area contributed by atoms with E-state index >= 15 is 0 Å². The highest BCUT2D eigenvalue weighted by Gasteiger charge is 2.33. The van der Waals surface area contributed by atoms with E-state index in [1.165, 1.54) is 12.8 Å². The van der Waals surface area contributed by atoms with E-state index in [1.807, 2.05) is 11.8 Å². The van der Waals surface area contributed by atoms with E-state index in [0.717, 1.165) is 25.9 Å². The summed E-state index contributed by atoms with van der Waals surface area (Å²) in [6.07, 6.45) is 4.47. The van der Waals surface area contributed by atoms with Crippen LogP contribution in [0.15, 0.2) is 0 Å². The molecule has 0 spiro atoms. The van der Waals surface area contributed by atoms with Gasteiger partial charge in [0.05, 0.1) is 13.2 Å². The molecular weight excluding hydrogens is 204 g/mol. The maximum Gasteiger partial charge on any atom is 0.236 e. The Morgan fingerprint density at radius 2 is 2.19 bits per heavy atom. The van der Waals surface area contributed by atoms with E-state index in [-0.39, 0.29) is 18.6 Å². The molecule has 1 aliphatic carbocycles. The number of carbonyl (C=O) groups is 1. The highest BCUT2D eigenvalue weighted by atomic mass is 16.3. The van der Waals surface area contributed by atoms with Gasteiger partial charge in [-0.25, -0.2) is 0 Å². The molecule has 0 aromatic carbocycles. The Labute approximate surface area is 97.2 Å². The molecule has 1 saturated heterocycles. The Hall–Kier alpha value is -0.610. The molecule has 16 heavy (non-hydrogen) atoms. The third-order valence-electron chi connectivity index (χ3n) is 3.70. The van der Waals surface area contributed by atoms with E-state index < -0.39 is 0 Å². The minimum Gasteiger partial charge on any atom is -0.395 e. The number of aliphatic hydroxyl groups is 1. The lowest BCUT2D eigenvalue weighted by molar-refractivity contribution is -0.133. The number of rotatable bonds is 5. The van der Waals surface area contributed by atoms with E-state index in [1.54, 1.807) is 0 Å². The van der Waals surface area contributed by atoms with Gasteiger partial charge >= 0.3 is 0 Å². The van der Waals surface area contributed by atoms with Gasteiger partial charge in [0.25, 0.3) is 0 Å². The van der Waals surface area contributed by atoms with Gasteiger partial charge in [0.15, 0.2) is 0 Å². The van der Waals surface area contributed by atoms with Crippen LogP contribution >= 0.6 is 0 Å². The number of carbonyl (C=O) groups excluding carboxylic acids is 1. The minimum atomic E-state index is 0.183. The predicted molar refractivity (Wildman–Crippen MR) is 62.1 cm³/mol. The third-order valence-corrected chi connectivity index (χ3v) is 3.70. The number of amides is 1. The van der Waals surface area contributed by atoms with Crippen LogP contribution in [0.1, 0.15) is 32.6 Å². The molecule has 2 fully saturated rings. The topological polar surface area (TPSA) is 43.8 Å². The average Bonchev–Trinajstić information content (AvgIpc) is 3.00. The first-order valence-corrected chi connectivity index (χ1v) is 6.40. The Kier molecular flexibility index (Phi) is 3.82. The monoisotopic (exact) mass is 226 g/mol. The van der Waals surface area contributed by atoms with Crippen LogP contribution in [0.4, 0.5) is 0 Å².